The lowest BCUT2D eigenvalue weighted by Gasteiger charge is -2.61. The summed E-state index contributed by atoms with van der Waals surface area (Å²) in [5, 5.41) is 16.9. The summed E-state index contributed by atoms with van der Waals surface area (Å²) in [6.45, 7) is 2.68. The topological polar surface area (TPSA) is 81.5 Å². The second-order valence-corrected chi connectivity index (χ2v) is 10.9. The van der Waals surface area contributed by atoms with Crippen LogP contribution in [0.5, 0.6) is 0 Å². The van der Waals surface area contributed by atoms with E-state index in [4.69, 9.17) is 11.6 Å². The fourth-order valence-corrected chi connectivity index (χ4v) is 7.78. The second-order valence-electron chi connectivity index (χ2n) is 10.5. The number of hydrogen-bond donors (Lipinski definition) is 0. The third kappa shape index (κ3) is 3.33. The van der Waals surface area contributed by atoms with Gasteiger partial charge in [0.15, 0.2) is 0 Å². The Bertz CT molecular complexity index is 1160. The van der Waals surface area contributed by atoms with Crippen molar-refractivity contribution in [1.82, 2.24) is 9.78 Å². The second kappa shape index (κ2) is 7.97. The monoisotopic (exact) mass is 485 g/mol. The van der Waals surface area contributed by atoms with E-state index in [0.717, 1.165) is 24.9 Å². The molecule has 2 heterocycles. The smallest absolute Gasteiger partial charge is 0.288 e. The van der Waals surface area contributed by atoms with Gasteiger partial charge in [0.05, 0.1) is 17.4 Å². The molecule has 0 N–H and O–H groups in total. The van der Waals surface area contributed by atoms with Crippen LogP contribution in [0.25, 0.3) is 0 Å². The molecule has 4 bridgehead atoms. The first-order valence-electron chi connectivity index (χ1n) is 12.1. The molecule has 5 fully saturated rings. The predicted octanol–water partition coefficient (Wildman–Crippen LogP) is 2.26. The number of hydrogen-bond acceptors (Lipinski definition) is 6. The van der Waals surface area contributed by atoms with Crippen molar-refractivity contribution < 1.29 is 14.3 Å². The lowest BCUT2D eigenvalue weighted by Crippen LogP contribution is -2.65. The summed E-state index contributed by atoms with van der Waals surface area (Å²) >= 11 is 6.64. The van der Waals surface area contributed by atoms with Crippen LogP contribution in [0.15, 0.2) is 35.3 Å². The number of halogens is 2. The molecule has 1 saturated heterocycles. The number of rotatable bonds is 4. The van der Waals surface area contributed by atoms with Gasteiger partial charge in [-0.05, 0) is 74.1 Å². The van der Waals surface area contributed by atoms with E-state index in [2.05, 4.69) is 10.00 Å². The van der Waals surface area contributed by atoms with Crippen molar-refractivity contribution in [3.63, 3.8) is 0 Å². The number of anilines is 2. The number of aromatic nitrogens is 2. The first kappa shape index (κ1) is 21.9. The quantitative estimate of drug-likeness (QED) is 0.661. The van der Waals surface area contributed by atoms with Gasteiger partial charge in [0.1, 0.15) is 10.8 Å². The highest BCUT2D eigenvalue weighted by molar-refractivity contribution is 6.33. The van der Waals surface area contributed by atoms with Crippen LogP contribution in [-0.2, 0) is 10.3 Å². The van der Waals surface area contributed by atoms with E-state index in [1.807, 2.05) is 4.90 Å². The molecule has 0 spiro atoms. The van der Waals surface area contributed by atoms with E-state index in [1.54, 1.807) is 18.3 Å². The minimum absolute atomic E-state index is 0.0444. The van der Waals surface area contributed by atoms with Crippen LogP contribution in [0.3, 0.4) is 0 Å². The van der Waals surface area contributed by atoms with E-state index in [-0.39, 0.29) is 16.8 Å². The average Bonchev–Trinajstić information content (AvgIpc) is 2.80. The van der Waals surface area contributed by atoms with Gasteiger partial charge in [-0.3, -0.25) is 4.79 Å². The Morgan fingerprint density at radius 2 is 1.65 bits per heavy atom. The zero-order valence-corrected chi connectivity index (χ0v) is 19.6. The first-order valence-corrected chi connectivity index (χ1v) is 12.5. The summed E-state index contributed by atoms with van der Waals surface area (Å²) < 4.78 is 14.6. The Kier molecular flexibility index (Phi) is 5.13. The zero-order chi connectivity index (χ0) is 23.6. The van der Waals surface area contributed by atoms with Crippen molar-refractivity contribution in [3.8, 4) is 0 Å². The average molecular weight is 486 g/mol. The van der Waals surface area contributed by atoms with Crippen molar-refractivity contribution in [2.75, 3.05) is 36.0 Å². The Balaban J connectivity index is 1.27. The summed E-state index contributed by atoms with van der Waals surface area (Å²) in [5.74, 6) is -1.13. The third-order valence-electron chi connectivity index (χ3n) is 8.66. The standard InChI is InChI=1S/C25H28ClFN4O3/c26-22-20(30-7-5-29(6-8-30)19-3-1-18(27)2-4-19)14-28-31(23(22)32)25-12-15-9-16(13-25)11-17(10-15)21(25)24(33)34/h1-4,14-17,21H,5-13H2,(H,33,34)/p-1/t15-,16+,17?,21-,25?/m1/s1. The molecule has 4 aliphatic carbocycles. The molecule has 1 aromatic carbocycles. The van der Waals surface area contributed by atoms with E-state index in [9.17, 15) is 19.1 Å². The van der Waals surface area contributed by atoms with E-state index >= 15 is 0 Å². The van der Waals surface area contributed by atoms with Gasteiger partial charge >= 0.3 is 0 Å². The number of piperazine rings is 1. The highest BCUT2D eigenvalue weighted by Crippen LogP contribution is 2.61. The molecule has 1 aliphatic heterocycles. The predicted molar refractivity (Wildman–Crippen MR) is 124 cm³/mol. The molecule has 2 aromatic rings. The Morgan fingerprint density at radius 1 is 1.03 bits per heavy atom. The molecule has 2 unspecified atom stereocenters. The van der Waals surface area contributed by atoms with Gasteiger partial charge in [-0.25, -0.2) is 9.07 Å². The normalized spacial score (nSPS) is 32.3. The van der Waals surface area contributed by atoms with Gasteiger partial charge in [0.2, 0.25) is 0 Å². The molecule has 5 aliphatic rings. The van der Waals surface area contributed by atoms with Crippen LogP contribution in [-0.4, -0.2) is 41.9 Å². The highest BCUT2D eigenvalue weighted by atomic mass is 35.5. The van der Waals surface area contributed by atoms with Gasteiger partial charge in [0, 0.05) is 43.8 Å². The van der Waals surface area contributed by atoms with Crippen LogP contribution in [0.2, 0.25) is 5.02 Å². The maximum absolute atomic E-state index is 13.5. The summed E-state index contributed by atoms with van der Waals surface area (Å²) in [7, 11) is 0. The van der Waals surface area contributed by atoms with Crippen molar-refractivity contribution in [2.24, 2.45) is 23.7 Å². The Hall–Kier alpha value is -2.61. The maximum atomic E-state index is 13.5. The molecule has 5 atom stereocenters. The van der Waals surface area contributed by atoms with E-state index in [1.165, 1.54) is 16.8 Å². The number of carboxylic acids is 1. The maximum Gasteiger partial charge on any atom is 0.288 e. The number of nitrogens with zero attached hydrogens (tertiary/aromatic N) is 4. The lowest BCUT2D eigenvalue weighted by molar-refractivity contribution is -0.323. The summed E-state index contributed by atoms with van der Waals surface area (Å²) in [4.78, 5) is 29.9. The zero-order valence-electron chi connectivity index (χ0n) is 18.8. The van der Waals surface area contributed by atoms with E-state index < -0.39 is 23.0 Å². The SMILES string of the molecule is O=C([O-])[C@H]1C2C[C@@H]3C[C@H](C2)CC1(n1ncc(N2CCN(c4ccc(F)cc4)CC2)c(Cl)c1=O)C3. The van der Waals surface area contributed by atoms with Crippen molar-refractivity contribution >= 4 is 28.9 Å². The van der Waals surface area contributed by atoms with Gasteiger partial charge in [-0.15, -0.1) is 0 Å². The molecule has 7 nitrogen and oxygen atoms in total. The Labute approximate surface area is 202 Å². The van der Waals surface area contributed by atoms with Crippen LogP contribution in [0.1, 0.15) is 32.1 Å². The van der Waals surface area contributed by atoms with Crippen LogP contribution >= 0.6 is 11.6 Å². The van der Waals surface area contributed by atoms with Gasteiger partial charge in [-0.1, -0.05) is 11.6 Å². The third-order valence-corrected chi connectivity index (χ3v) is 9.02. The van der Waals surface area contributed by atoms with Gasteiger partial charge < -0.3 is 19.7 Å². The summed E-state index contributed by atoms with van der Waals surface area (Å²) in [6.07, 6.45) is 5.83. The minimum atomic E-state index is -1.07. The number of carbonyl (C=O) groups is 1. The molecule has 4 saturated carbocycles. The molecule has 180 valence electrons. The molecule has 9 heteroatoms. The molecule has 34 heavy (non-hydrogen) atoms. The number of carboxylic acid groups (broad SMARTS) is 1. The van der Waals surface area contributed by atoms with Crippen molar-refractivity contribution in [3.05, 3.63) is 51.7 Å². The molecule has 0 amide bonds. The fraction of sp³-hybridized carbons (Fsp3) is 0.560. The Morgan fingerprint density at radius 3 is 2.26 bits per heavy atom. The summed E-state index contributed by atoms with van der Waals surface area (Å²) in [5.41, 5.74) is 0.286. The molecule has 0 radical (unpaired) electrons. The van der Waals surface area contributed by atoms with Gasteiger partial charge in [-0.2, -0.15) is 5.10 Å². The van der Waals surface area contributed by atoms with E-state index in [0.29, 0.717) is 56.5 Å². The molecular weight excluding hydrogens is 459 g/mol. The minimum Gasteiger partial charge on any atom is -0.550 e. The number of carbonyl (C=O) groups excluding carboxylic acids is 1. The van der Waals surface area contributed by atoms with Crippen molar-refractivity contribution in [1.29, 1.82) is 0 Å². The molecule has 7 rings (SSSR count). The first-order chi connectivity index (χ1) is 16.4. The van der Waals surface area contributed by atoms with Crippen molar-refractivity contribution in [2.45, 2.75) is 37.6 Å². The highest BCUT2D eigenvalue weighted by Gasteiger charge is 2.59. The number of aliphatic carboxylic acids is 1. The largest absolute Gasteiger partial charge is 0.550 e. The molecular formula is C25H27ClFN4O3-. The van der Waals surface area contributed by atoms with Crippen LogP contribution in [0.4, 0.5) is 15.8 Å². The fourth-order valence-electron chi connectivity index (χ4n) is 7.53. The molecule has 1 aromatic heterocycles. The van der Waals surface area contributed by atoms with Gasteiger partial charge in [0.25, 0.3) is 5.56 Å². The summed E-state index contributed by atoms with van der Waals surface area (Å²) in [6, 6.07) is 6.43. The number of benzene rings is 1. The van der Waals surface area contributed by atoms with Crippen LogP contribution in [0, 0.1) is 29.5 Å². The van der Waals surface area contributed by atoms with Crippen LogP contribution < -0.4 is 20.5 Å². The lowest BCUT2D eigenvalue weighted by atomic mass is 9.48.